The quantitative estimate of drug-likeness (QED) is 0.601. The highest BCUT2D eigenvalue weighted by molar-refractivity contribution is 6.85. The Morgan fingerprint density at radius 2 is 1.65 bits per heavy atom. The SMILES string of the molecule is C=C[Si](C)(C)/N=C(\C(C)C)C(C)(O)[Si](C)(C)C. The first-order chi connectivity index (χ1) is 7.35. The van der Waals surface area contributed by atoms with E-state index in [-0.39, 0.29) is 5.92 Å². The molecule has 0 saturated heterocycles. The summed E-state index contributed by atoms with van der Waals surface area (Å²) in [6.45, 7) is 20.9. The Balaban J connectivity index is 5.64. The molecule has 0 aromatic heterocycles. The average Bonchev–Trinajstić information content (AvgIpc) is 2.12. The summed E-state index contributed by atoms with van der Waals surface area (Å²) in [6.07, 6.45) is 0. The van der Waals surface area contributed by atoms with Crippen molar-refractivity contribution in [3.05, 3.63) is 12.3 Å². The minimum Gasteiger partial charge on any atom is -0.388 e. The molecule has 0 aliphatic heterocycles. The van der Waals surface area contributed by atoms with Gasteiger partial charge in [-0.05, 0) is 25.9 Å². The van der Waals surface area contributed by atoms with Crippen LogP contribution in [0.1, 0.15) is 20.8 Å². The highest BCUT2D eigenvalue weighted by Crippen LogP contribution is 2.27. The molecule has 0 amide bonds. The minimum atomic E-state index is -1.78. The van der Waals surface area contributed by atoms with Crippen molar-refractivity contribution >= 4 is 22.0 Å². The van der Waals surface area contributed by atoms with Gasteiger partial charge in [0, 0.05) is 5.71 Å². The van der Waals surface area contributed by atoms with Crippen molar-refractivity contribution in [2.45, 2.75) is 58.7 Å². The first kappa shape index (κ1) is 16.8. The summed E-state index contributed by atoms with van der Waals surface area (Å²) in [6, 6.07) is 0. The van der Waals surface area contributed by atoms with Gasteiger partial charge in [-0.1, -0.05) is 39.2 Å². The normalized spacial score (nSPS) is 18.1. The monoisotopic (exact) mass is 271 g/mol. The summed E-state index contributed by atoms with van der Waals surface area (Å²) < 4.78 is 4.89. The van der Waals surface area contributed by atoms with Crippen molar-refractivity contribution in [1.29, 1.82) is 0 Å². The number of hydrogen-bond acceptors (Lipinski definition) is 2. The van der Waals surface area contributed by atoms with Crippen LogP contribution in [0.4, 0.5) is 0 Å². The summed E-state index contributed by atoms with van der Waals surface area (Å²) in [5.41, 5.74) is 2.93. The zero-order valence-corrected chi connectivity index (χ0v) is 14.8. The van der Waals surface area contributed by atoms with Gasteiger partial charge in [0.05, 0.1) is 13.3 Å². The second-order valence-corrected chi connectivity index (χ2v) is 16.2. The molecule has 0 saturated carbocycles. The molecular formula is C13H29NOSi2. The Morgan fingerprint density at radius 1 is 1.24 bits per heavy atom. The lowest BCUT2D eigenvalue weighted by Gasteiger charge is -2.39. The lowest BCUT2D eigenvalue weighted by Crippen LogP contribution is -2.57. The van der Waals surface area contributed by atoms with Gasteiger partial charge in [-0.15, -0.1) is 6.58 Å². The fourth-order valence-electron chi connectivity index (χ4n) is 1.54. The molecule has 0 fully saturated rings. The Morgan fingerprint density at radius 3 is 1.88 bits per heavy atom. The first-order valence-electron chi connectivity index (χ1n) is 6.31. The molecule has 0 spiro atoms. The lowest BCUT2D eigenvalue weighted by atomic mass is 10.0. The van der Waals surface area contributed by atoms with Crippen molar-refractivity contribution in [3.63, 3.8) is 0 Å². The maximum Gasteiger partial charge on any atom is 0.198 e. The Labute approximate surface area is 109 Å². The van der Waals surface area contributed by atoms with E-state index in [0.29, 0.717) is 0 Å². The number of aliphatic hydroxyl groups is 1. The van der Waals surface area contributed by atoms with E-state index in [9.17, 15) is 5.11 Å². The van der Waals surface area contributed by atoms with Crippen molar-refractivity contribution in [2.24, 2.45) is 10.6 Å². The van der Waals surface area contributed by atoms with Gasteiger partial charge in [-0.3, -0.25) is 0 Å². The molecule has 17 heavy (non-hydrogen) atoms. The highest BCUT2D eigenvalue weighted by Gasteiger charge is 2.43. The molecule has 0 aromatic carbocycles. The molecule has 0 aliphatic carbocycles. The molecule has 100 valence electrons. The molecule has 0 rings (SSSR count). The van der Waals surface area contributed by atoms with Crippen LogP contribution < -0.4 is 0 Å². The van der Waals surface area contributed by atoms with Crippen LogP contribution in [0.5, 0.6) is 0 Å². The number of rotatable bonds is 5. The van der Waals surface area contributed by atoms with Crippen LogP contribution in [-0.2, 0) is 0 Å². The average molecular weight is 272 g/mol. The van der Waals surface area contributed by atoms with Crippen molar-refractivity contribution in [2.75, 3.05) is 0 Å². The smallest absolute Gasteiger partial charge is 0.198 e. The summed E-state index contributed by atoms with van der Waals surface area (Å²) in [4.78, 5) is 0. The van der Waals surface area contributed by atoms with Crippen LogP contribution in [0, 0.1) is 5.92 Å². The Bertz CT molecular complexity index is 312. The van der Waals surface area contributed by atoms with E-state index in [1.165, 1.54) is 0 Å². The van der Waals surface area contributed by atoms with Crippen LogP contribution in [0.2, 0.25) is 32.7 Å². The van der Waals surface area contributed by atoms with E-state index < -0.39 is 21.5 Å². The zero-order chi connectivity index (χ0) is 14.1. The van der Waals surface area contributed by atoms with E-state index in [1.807, 2.05) is 12.6 Å². The molecule has 4 heteroatoms. The van der Waals surface area contributed by atoms with Crippen molar-refractivity contribution in [1.82, 2.24) is 0 Å². The lowest BCUT2D eigenvalue weighted by molar-refractivity contribution is 0.201. The predicted octanol–water partition coefficient (Wildman–Crippen LogP) is 3.64. The van der Waals surface area contributed by atoms with E-state index in [0.717, 1.165) is 5.71 Å². The van der Waals surface area contributed by atoms with Crippen molar-refractivity contribution in [3.8, 4) is 0 Å². The first-order valence-corrected chi connectivity index (χ1v) is 12.8. The van der Waals surface area contributed by atoms with Gasteiger partial charge in [-0.2, -0.15) is 0 Å². The van der Waals surface area contributed by atoms with Crippen LogP contribution in [0.3, 0.4) is 0 Å². The molecular weight excluding hydrogens is 242 g/mol. The molecule has 2 nitrogen and oxygen atoms in total. The summed E-state index contributed by atoms with van der Waals surface area (Å²) in [5.74, 6) is 0.281. The fraction of sp³-hybridized carbons (Fsp3) is 0.769. The third-order valence-electron chi connectivity index (χ3n) is 3.41. The predicted molar refractivity (Wildman–Crippen MR) is 83.9 cm³/mol. The second-order valence-electron chi connectivity index (χ2n) is 6.83. The fourth-order valence-corrected chi connectivity index (χ4v) is 3.95. The highest BCUT2D eigenvalue weighted by atomic mass is 28.3. The zero-order valence-electron chi connectivity index (χ0n) is 12.8. The molecule has 0 aromatic rings. The number of nitrogens with zero attached hydrogens (tertiary/aromatic N) is 1. The Kier molecular flexibility index (Phi) is 5.14. The standard InChI is InChI=1S/C13H29NOSi2/c1-10-17(8,9)14-12(11(2)3)13(4,15)16(5,6)7/h10-11,15H,1H2,2-9H3/b14-12+. The maximum atomic E-state index is 10.9. The van der Waals surface area contributed by atoms with E-state index >= 15 is 0 Å². The van der Waals surface area contributed by atoms with Crippen LogP contribution >= 0.6 is 0 Å². The van der Waals surface area contributed by atoms with E-state index in [2.05, 4.69) is 53.2 Å². The molecule has 1 N–H and O–H groups in total. The molecule has 1 unspecified atom stereocenters. The van der Waals surface area contributed by atoms with Crippen molar-refractivity contribution < 1.29 is 5.11 Å². The Hall–Kier alpha value is -0.196. The molecule has 0 radical (unpaired) electrons. The topological polar surface area (TPSA) is 32.6 Å². The van der Waals surface area contributed by atoms with Crippen LogP contribution in [-0.4, -0.2) is 32.4 Å². The van der Waals surface area contributed by atoms with Gasteiger partial charge in [0.25, 0.3) is 0 Å². The summed E-state index contributed by atoms with van der Waals surface area (Å²) >= 11 is 0. The van der Waals surface area contributed by atoms with Gasteiger partial charge in [0.2, 0.25) is 0 Å². The van der Waals surface area contributed by atoms with Gasteiger partial charge in [-0.25, -0.2) is 0 Å². The van der Waals surface area contributed by atoms with E-state index in [1.54, 1.807) is 0 Å². The minimum absolute atomic E-state index is 0.281. The van der Waals surface area contributed by atoms with Crippen LogP contribution in [0.15, 0.2) is 16.9 Å². The molecule has 0 heterocycles. The van der Waals surface area contributed by atoms with Gasteiger partial charge < -0.3 is 9.76 Å². The van der Waals surface area contributed by atoms with E-state index in [4.69, 9.17) is 4.66 Å². The second kappa shape index (κ2) is 5.20. The third-order valence-corrected chi connectivity index (χ3v) is 8.41. The number of hydrogen-bond donors (Lipinski definition) is 1. The molecule has 1 atom stereocenters. The largest absolute Gasteiger partial charge is 0.388 e. The summed E-state index contributed by atoms with van der Waals surface area (Å²) in [5, 5.41) is 10.1. The summed E-state index contributed by atoms with van der Waals surface area (Å²) in [7, 11) is -3.49. The molecule has 0 bridgehead atoms. The third kappa shape index (κ3) is 4.19. The van der Waals surface area contributed by atoms with Gasteiger partial charge in [0.15, 0.2) is 8.24 Å². The maximum absolute atomic E-state index is 10.9. The van der Waals surface area contributed by atoms with Gasteiger partial charge in [0.1, 0.15) is 0 Å². The molecule has 0 aliphatic rings. The van der Waals surface area contributed by atoms with Crippen LogP contribution in [0.25, 0.3) is 0 Å². The van der Waals surface area contributed by atoms with Gasteiger partial charge >= 0.3 is 0 Å².